The second-order valence-corrected chi connectivity index (χ2v) is 6.48. The number of benzene rings is 1. The number of nitrogens with one attached hydrogen (secondary N) is 1. The van der Waals surface area contributed by atoms with Crippen molar-refractivity contribution < 1.29 is 26.2 Å². The van der Waals surface area contributed by atoms with Crippen LogP contribution in [-0.2, 0) is 20.7 Å². The maximum Gasteiger partial charge on any atom is 0.412 e. The summed E-state index contributed by atoms with van der Waals surface area (Å²) >= 11 is 0. The lowest BCUT2D eigenvalue weighted by Crippen LogP contribution is -2.27. The zero-order valence-electron chi connectivity index (χ0n) is 11.2. The molecule has 0 atom stereocenters. The summed E-state index contributed by atoms with van der Waals surface area (Å²) in [4.78, 5) is 11.6. The molecule has 0 saturated carbocycles. The van der Waals surface area contributed by atoms with Crippen molar-refractivity contribution in [1.29, 1.82) is 0 Å². The van der Waals surface area contributed by atoms with Gasteiger partial charge >= 0.3 is 16.3 Å². The third-order valence-corrected chi connectivity index (χ3v) is 2.69. The molecule has 0 aliphatic carbocycles. The van der Waals surface area contributed by atoms with Crippen LogP contribution in [0.5, 0.6) is 0 Å². The van der Waals surface area contributed by atoms with Crippen molar-refractivity contribution in [2.45, 2.75) is 32.1 Å². The molecule has 8 heteroatoms. The molecule has 0 spiro atoms. The second kappa shape index (κ2) is 5.74. The van der Waals surface area contributed by atoms with E-state index in [0.29, 0.717) is 0 Å². The fraction of sp³-hybridized carbons (Fsp3) is 0.417. The summed E-state index contributed by atoms with van der Waals surface area (Å²) in [5.74, 6) is -1.77. The van der Waals surface area contributed by atoms with Crippen molar-refractivity contribution in [3.63, 3.8) is 0 Å². The van der Waals surface area contributed by atoms with E-state index in [1.54, 1.807) is 20.8 Å². The molecular formula is C12H15F2NO4S. The predicted octanol–water partition coefficient (Wildman–Crippen LogP) is 2.97. The average Bonchev–Trinajstić information content (AvgIpc) is 2.17. The predicted molar refractivity (Wildman–Crippen MR) is 70.0 cm³/mol. The van der Waals surface area contributed by atoms with Crippen LogP contribution in [-0.4, -0.2) is 20.1 Å². The molecule has 0 heterocycles. The van der Waals surface area contributed by atoms with Gasteiger partial charge < -0.3 is 4.74 Å². The molecule has 0 unspecified atom stereocenters. The van der Waals surface area contributed by atoms with Gasteiger partial charge in [-0.05, 0) is 44.5 Å². The zero-order chi connectivity index (χ0) is 15.6. The summed E-state index contributed by atoms with van der Waals surface area (Å²) in [7, 11) is -4.85. The number of halogens is 2. The van der Waals surface area contributed by atoms with E-state index in [-0.39, 0.29) is 11.3 Å². The lowest BCUT2D eigenvalue weighted by Gasteiger charge is -2.20. The van der Waals surface area contributed by atoms with E-state index in [2.05, 4.69) is 5.32 Å². The maximum atomic E-state index is 13.1. The lowest BCUT2D eigenvalue weighted by atomic mass is 10.2. The van der Waals surface area contributed by atoms with E-state index < -0.39 is 33.5 Å². The largest absolute Gasteiger partial charge is 0.444 e. The van der Waals surface area contributed by atoms with E-state index in [9.17, 15) is 21.5 Å². The first-order chi connectivity index (χ1) is 8.96. The molecule has 1 N–H and O–H groups in total. The van der Waals surface area contributed by atoms with Gasteiger partial charge in [-0.2, -0.15) is 8.42 Å². The molecule has 112 valence electrons. The monoisotopic (exact) mass is 307 g/mol. The first-order valence-corrected chi connectivity index (χ1v) is 7.22. The smallest absolute Gasteiger partial charge is 0.412 e. The molecule has 20 heavy (non-hydrogen) atoms. The Balaban J connectivity index is 2.98. The molecule has 5 nitrogen and oxygen atoms in total. The van der Waals surface area contributed by atoms with Gasteiger partial charge in [-0.25, -0.2) is 9.18 Å². The molecule has 0 saturated heterocycles. The third kappa shape index (κ3) is 5.96. The summed E-state index contributed by atoms with van der Waals surface area (Å²) in [6.45, 7) is 4.93. The zero-order valence-corrected chi connectivity index (χ0v) is 12.1. The molecule has 1 aromatic rings. The summed E-state index contributed by atoms with van der Waals surface area (Å²) in [5, 5.41) is 2.26. The standard InChI is InChI=1S/C12H15F2NO4S/c1-12(2,3)19-11(16)15-10-5-4-9(13)6-8(10)7-20(14,17)18/h4-6H,7H2,1-3H3,(H,15,16). The molecule has 0 radical (unpaired) electrons. The number of carbonyl (C=O) groups is 1. The fourth-order valence-electron chi connectivity index (χ4n) is 1.40. The topological polar surface area (TPSA) is 72.5 Å². The van der Waals surface area contributed by atoms with E-state index in [4.69, 9.17) is 4.74 Å². The summed E-state index contributed by atoms with van der Waals surface area (Å²) < 4.78 is 52.0. The molecule has 0 fully saturated rings. The van der Waals surface area contributed by atoms with E-state index in [0.717, 1.165) is 18.2 Å². The highest BCUT2D eigenvalue weighted by molar-refractivity contribution is 7.85. The van der Waals surface area contributed by atoms with Crippen molar-refractivity contribution in [1.82, 2.24) is 0 Å². The highest BCUT2D eigenvalue weighted by Gasteiger charge is 2.19. The molecule has 1 rings (SSSR count). The number of carbonyl (C=O) groups excluding carboxylic acids is 1. The Morgan fingerprint density at radius 1 is 1.35 bits per heavy atom. The summed E-state index contributed by atoms with van der Waals surface area (Å²) in [6.07, 6.45) is -0.846. The molecule has 0 bridgehead atoms. The molecule has 1 amide bonds. The van der Waals surface area contributed by atoms with Crippen LogP contribution in [0.2, 0.25) is 0 Å². The highest BCUT2D eigenvalue weighted by Crippen LogP contribution is 2.21. The lowest BCUT2D eigenvalue weighted by molar-refractivity contribution is 0.0635. The van der Waals surface area contributed by atoms with Crippen molar-refractivity contribution in [3.8, 4) is 0 Å². The Hall–Kier alpha value is -1.70. The second-order valence-electron chi connectivity index (χ2n) is 5.11. The first kappa shape index (κ1) is 16.4. The fourth-order valence-corrected chi connectivity index (χ4v) is 2.01. The Morgan fingerprint density at radius 3 is 2.45 bits per heavy atom. The van der Waals surface area contributed by atoms with Crippen LogP contribution in [0, 0.1) is 5.82 Å². The Morgan fingerprint density at radius 2 is 1.95 bits per heavy atom. The number of hydrogen-bond acceptors (Lipinski definition) is 4. The molecule has 0 aliphatic heterocycles. The molecule has 1 aromatic carbocycles. The van der Waals surface area contributed by atoms with Crippen LogP contribution in [0.4, 0.5) is 18.8 Å². The normalized spacial score (nSPS) is 12.1. The van der Waals surface area contributed by atoms with Gasteiger partial charge in [0.1, 0.15) is 17.2 Å². The number of anilines is 1. The van der Waals surface area contributed by atoms with Gasteiger partial charge in [-0.15, -0.1) is 3.89 Å². The number of ether oxygens (including phenoxy) is 1. The van der Waals surface area contributed by atoms with Gasteiger partial charge in [-0.1, -0.05) is 0 Å². The summed E-state index contributed by atoms with van der Waals surface area (Å²) in [6, 6.07) is 2.99. The van der Waals surface area contributed by atoms with Crippen LogP contribution in [0.3, 0.4) is 0 Å². The Bertz CT molecular complexity index is 608. The van der Waals surface area contributed by atoms with E-state index >= 15 is 0 Å². The quantitative estimate of drug-likeness (QED) is 0.871. The third-order valence-electron chi connectivity index (χ3n) is 2.03. The Kier molecular flexibility index (Phi) is 4.69. The van der Waals surface area contributed by atoms with Gasteiger partial charge in [0.2, 0.25) is 0 Å². The van der Waals surface area contributed by atoms with Gasteiger partial charge in [0, 0.05) is 5.69 Å². The number of rotatable bonds is 3. The van der Waals surface area contributed by atoms with Gasteiger partial charge in [0.15, 0.2) is 0 Å². The van der Waals surface area contributed by atoms with E-state index in [1.807, 2.05) is 0 Å². The van der Waals surface area contributed by atoms with Crippen LogP contribution < -0.4 is 5.32 Å². The highest BCUT2D eigenvalue weighted by atomic mass is 32.3. The minimum Gasteiger partial charge on any atom is -0.444 e. The molecule has 0 aliphatic rings. The minimum atomic E-state index is -4.85. The number of amides is 1. The Labute approximate surface area is 116 Å². The van der Waals surface area contributed by atoms with Crippen LogP contribution in [0.15, 0.2) is 18.2 Å². The number of hydrogen-bond donors (Lipinski definition) is 1. The SMILES string of the molecule is CC(C)(C)OC(=O)Nc1ccc(F)cc1CS(=O)(=O)F. The molecular weight excluding hydrogens is 292 g/mol. The van der Waals surface area contributed by atoms with Gasteiger partial charge in [0.25, 0.3) is 0 Å². The maximum absolute atomic E-state index is 13.1. The van der Waals surface area contributed by atoms with Gasteiger partial charge in [0.05, 0.1) is 0 Å². The van der Waals surface area contributed by atoms with Crippen molar-refractivity contribution in [2.24, 2.45) is 0 Å². The van der Waals surface area contributed by atoms with Crippen molar-refractivity contribution in [2.75, 3.05) is 5.32 Å². The average molecular weight is 307 g/mol. The van der Waals surface area contributed by atoms with Crippen LogP contribution >= 0.6 is 0 Å². The van der Waals surface area contributed by atoms with Gasteiger partial charge in [-0.3, -0.25) is 5.32 Å². The van der Waals surface area contributed by atoms with E-state index in [1.165, 1.54) is 0 Å². The first-order valence-electron chi connectivity index (χ1n) is 5.67. The summed E-state index contributed by atoms with van der Waals surface area (Å²) in [5.41, 5.74) is -0.976. The van der Waals surface area contributed by atoms with Crippen LogP contribution in [0.25, 0.3) is 0 Å². The van der Waals surface area contributed by atoms with Crippen molar-refractivity contribution >= 4 is 22.0 Å². The minimum absolute atomic E-state index is 0.0260. The molecule has 0 aromatic heterocycles. The van der Waals surface area contributed by atoms with Crippen molar-refractivity contribution in [3.05, 3.63) is 29.6 Å². The van der Waals surface area contributed by atoms with Crippen LogP contribution in [0.1, 0.15) is 26.3 Å².